The van der Waals surface area contributed by atoms with Gasteiger partial charge in [0.05, 0.1) is 25.4 Å². The lowest BCUT2D eigenvalue weighted by molar-refractivity contribution is -0.134. The molecule has 0 bridgehead atoms. The number of pyridine rings is 1. The zero-order chi connectivity index (χ0) is 17.1. The Morgan fingerprint density at radius 2 is 2.04 bits per heavy atom. The molecule has 9 heteroatoms. The van der Waals surface area contributed by atoms with Crippen LogP contribution in [0, 0.1) is 0 Å². The molecule has 4 amide bonds. The summed E-state index contributed by atoms with van der Waals surface area (Å²) in [5.41, 5.74) is 0. The van der Waals surface area contributed by atoms with Crippen LogP contribution in [0.15, 0.2) is 29.4 Å². The Bertz CT molecular complexity index is 642. The number of fused-ring (bicyclic) bond motifs is 1. The number of thioether (sulfide) groups is 1. The Morgan fingerprint density at radius 1 is 1.29 bits per heavy atom. The number of carbonyl (C=O) groups excluding carboxylic acids is 3. The summed E-state index contributed by atoms with van der Waals surface area (Å²) in [4.78, 5) is 45.9. The first-order valence-corrected chi connectivity index (χ1v) is 8.64. The molecule has 2 aliphatic rings. The van der Waals surface area contributed by atoms with Crippen molar-refractivity contribution < 1.29 is 19.5 Å². The molecule has 1 N–H and O–H groups in total. The lowest BCUT2D eigenvalue weighted by Gasteiger charge is -2.35. The summed E-state index contributed by atoms with van der Waals surface area (Å²) in [7, 11) is 0. The Morgan fingerprint density at radius 3 is 2.75 bits per heavy atom. The third-order valence-electron chi connectivity index (χ3n) is 4.10. The van der Waals surface area contributed by atoms with E-state index < -0.39 is 6.04 Å². The number of nitrogens with zero attached hydrogens (tertiary/aromatic N) is 4. The van der Waals surface area contributed by atoms with E-state index in [0.29, 0.717) is 13.1 Å². The molecule has 2 aliphatic heterocycles. The molecule has 8 nitrogen and oxygen atoms in total. The van der Waals surface area contributed by atoms with Crippen LogP contribution < -0.4 is 0 Å². The number of urea groups is 1. The van der Waals surface area contributed by atoms with Gasteiger partial charge in [-0.05, 0) is 12.1 Å². The number of rotatable bonds is 5. The van der Waals surface area contributed by atoms with Gasteiger partial charge in [-0.2, -0.15) is 0 Å². The highest BCUT2D eigenvalue weighted by atomic mass is 32.2. The first-order chi connectivity index (χ1) is 11.6. The van der Waals surface area contributed by atoms with Crippen molar-refractivity contribution in [2.45, 2.75) is 10.9 Å². The lowest BCUT2D eigenvalue weighted by atomic mass is 10.2. The van der Waals surface area contributed by atoms with Gasteiger partial charge in [0.1, 0.15) is 6.04 Å². The SMILES string of the molecule is O=C(CSc1ccncc1)N1CCN2C(=O)N(CCO)C(=O)C2C1. The van der Waals surface area contributed by atoms with Crippen LogP contribution in [-0.4, -0.2) is 87.2 Å². The van der Waals surface area contributed by atoms with Crippen LogP contribution in [-0.2, 0) is 9.59 Å². The van der Waals surface area contributed by atoms with Gasteiger partial charge in [0, 0.05) is 30.4 Å². The Kier molecular flexibility index (Phi) is 5.00. The van der Waals surface area contributed by atoms with Crippen LogP contribution in [0.25, 0.3) is 0 Å². The number of β-amino-alcohol motifs (C(OH)–C–C–N with tert-alkyl or cyclic N) is 1. The highest BCUT2D eigenvalue weighted by Crippen LogP contribution is 2.23. The highest BCUT2D eigenvalue weighted by molar-refractivity contribution is 8.00. The molecular formula is C15H18N4O4S. The summed E-state index contributed by atoms with van der Waals surface area (Å²) in [6, 6.07) is 2.66. The van der Waals surface area contributed by atoms with Crippen LogP contribution in [0.1, 0.15) is 0 Å². The largest absolute Gasteiger partial charge is 0.395 e. The summed E-state index contributed by atoms with van der Waals surface area (Å²) in [5, 5.41) is 8.98. The minimum atomic E-state index is -0.632. The molecule has 128 valence electrons. The lowest BCUT2D eigenvalue weighted by Crippen LogP contribution is -2.55. The Hall–Kier alpha value is -2.13. The summed E-state index contributed by atoms with van der Waals surface area (Å²) >= 11 is 1.42. The standard InChI is InChI=1S/C15H18N4O4S/c20-8-7-19-14(22)12-9-17(5-6-18(12)15(19)23)13(21)10-24-11-1-3-16-4-2-11/h1-4,12,20H,5-10H2. The van der Waals surface area contributed by atoms with Gasteiger partial charge in [-0.25, -0.2) is 4.79 Å². The van der Waals surface area contributed by atoms with Crippen LogP contribution >= 0.6 is 11.8 Å². The molecule has 0 spiro atoms. The van der Waals surface area contributed by atoms with Crippen molar-refractivity contribution >= 4 is 29.6 Å². The van der Waals surface area contributed by atoms with Crippen molar-refractivity contribution in [3.8, 4) is 0 Å². The Balaban J connectivity index is 1.59. The number of imide groups is 1. The smallest absolute Gasteiger partial charge is 0.327 e. The second-order valence-electron chi connectivity index (χ2n) is 5.52. The van der Waals surface area contributed by atoms with Crippen LogP contribution in [0.4, 0.5) is 4.79 Å². The van der Waals surface area contributed by atoms with Gasteiger partial charge in [0.25, 0.3) is 5.91 Å². The van der Waals surface area contributed by atoms with E-state index in [0.717, 1.165) is 9.80 Å². The average Bonchev–Trinajstić information content (AvgIpc) is 2.85. The summed E-state index contributed by atoms with van der Waals surface area (Å²) in [6.45, 7) is 0.697. The topological polar surface area (TPSA) is 94.1 Å². The number of carbonyl (C=O) groups is 3. The maximum Gasteiger partial charge on any atom is 0.327 e. The number of hydrogen-bond acceptors (Lipinski definition) is 6. The highest BCUT2D eigenvalue weighted by Gasteiger charge is 2.47. The van der Waals surface area contributed by atoms with E-state index in [1.54, 1.807) is 17.3 Å². The van der Waals surface area contributed by atoms with Gasteiger partial charge < -0.3 is 14.9 Å². The van der Waals surface area contributed by atoms with Crippen LogP contribution in [0.3, 0.4) is 0 Å². The number of aliphatic hydroxyl groups is 1. The monoisotopic (exact) mass is 350 g/mol. The van der Waals surface area contributed by atoms with Crippen LogP contribution in [0.5, 0.6) is 0 Å². The van der Waals surface area contributed by atoms with E-state index in [4.69, 9.17) is 5.11 Å². The van der Waals surface area contributed by atoms with Gasteiger partial charge in [-0.1, -0.05) is 0 Å². The molecular weight excluding hydrogens is 332 g/mol. The van der Waals surface area contributed by atoms with Crippen molar-refractivity contribution in [2.24, 2.45) is 0 Å². The van der Waals surface area contributed by atoms with Crippen molar-refractivity contribution in [3.05, 3.63) is 24.5 Å². The average molecular weight is 350 g/mol. The van der Waals surface area contributed by atoms with E-state index in [9.17, 15) is 14.4 Å². The molecule has 1 atom stereocenters. The molecule has 24 heavy (non-hydrogen) atoms. The summed E-state index contributed by atoms with van der Waals surface area (Å²) < 4.78 is 0. The van der Waals surface area contributed by atoms with E-state index in [1.165, 1.54) is 16.7 Å². The summed E-state index contributed by atoms with van der Waals surface area (Å²) in [6.07, 6.45) is 3.34. The van der Waals surface area contributed by atoms with E-state index in [1.807, 2.05) is 12.1 Å². The fraction of sp³-hybridized carbons (Fsp3) is 0.467. The molecule has 2 saturated heterocycles. The number of amides is 4. The first kappa shape index (κ1) is 16.7. The van der Waals surface area contributed by atoms with E-state index in [-0.39, 0.29) is 43.3 Å². The third kappa shape index (κ3) is 3.22. The number of aromatic nitrogens is 1. The predicted molar refractivity (Wildman–Crippen MR) is 86.2 cm³/mol. The minimum absolute atomic E-state index is 0.00346. The first-order valence-electron chi connectivity index (χ1n) is 7.65. The molecule has 1 aromatic rings. The Labute approximate surface area is 143 Å². The molecule has 0 aliphatic carbocycles. The van der Waals surface area contributed by atoms with Crippen molar-refractivity contribution in [3.63, 3.8) is 0 Å². The van der Waals surface area contributed by atoms with Gasteiger partial charge in [0.2, 0.25) is 5.91 Å². The molecule has 1 aromatic heterocycles. The second-order valence-corrected chi connectivity index (χ2v) is 6.57. The number of aliphatic hydroxyl groups excluding tert-OH is 1. The maximum atomic E-state index is 12.4. The van der Waals surface area contributed by atoms with Crippen molar-refractivity contribution in [2.75, 3.05) is 38.5 Å². The van der Waals surface area contributed by atoms with Gasteiger partial charge in [0.15, 0.2) is 0 Å². The van der Waals surface area contributed by atoms with Gasteiger partial charge >= 0.3 is 6.03 Å². The molecule has 0 saturated carbocycles. The zero-order valence-corrected chi connectivity index (χ0v) is 13.8. The van der Waals surface area contributed by atoms with E-state index in [2.05, 4.69) is 4.98 Å². The number of hydrogen-bond donors (Lipinski definition) is 1. The molecule has 3 heterocycles. The van der Waals surface area contributed by atoms with Crippen molar-refractivity contribution in [1.82, 2.24) is 19.7 Å². The predicted octanol–water partition coefficient (Wildman–Crippen LogP) is -0.359. The molecule has 0 aromatic carbocycles. The zero-order valence-electron chi connectivity index (χ0n) is 13.0. The van der Waals surface area contributed by atoms with Crippen molar-refractivity contribution in [1.29, 1.82) is 0 Å². The molecule has 3 rings (SSSR count). The minimum Gasteiger partial charge on any atom is -0.395 e. The number of piperazine rings is 1. The van der Waals surface area contributed by atoms with Gasteiger partial charge in [-0.15, -0.1) is 11.8 Å². The maximum absolute atomic E-state index is 12.4. The third-order valence-corrected chi connectivity index (χ3v) is 5.09. The molecule has 1 unspecified atom stereocenters. The molecule has 2 fully saturated rings. The second kappa shape index (κ2) is 7.18. The fourth-order valence-electron chi connectivity index (χ4n) is 2.86. The van der Waals surface area contributed by atoms with E-state index >= 15 is 0 Å². The molecule has 0 radical (unpaired) electrons. The van der Waals surface area contributed by atoms with Gasteiger partial charge in [-0.3, -0.25) is 19.5 Å². The fourth-order valence-corrected chi connectivity index (χ4v) is 3.64. The summed E-state index contributed by atoms with van der Waals surface area (Å²) in [5.74, 6) is -0.121. The van der Waals surface area contributed by atoms with Crippen LogP contribution in [0.2, 0.25) is 0 Å². The normalized spacial score (nSPS) is 20.5. The quantitative estimate of drug-likeness (QED) is 0.576.